The summed E-state index contributed by atoms with van der Waals surface area (Å²) < 4.78 is 0. The summed E-state index contributed by atoms with van der Waals surface area (Å²) >= 11 is 0. The monoisotopic (exact) mass is 150 g/mol. The minimum atomic E-state index is -0.628. The molecule has 1 heteroatoms. The zero-order chi connectivity index (χ0) is 8.53. The molecule has 11 heavy (non-hydrogen) atoms. The van der Waals surface area contributed by atoms with E-state index in [1.54, 1.807) is 0 Å². The predicted octanol–water partition coefficient (Wildman–Crippen LogP) is 1.56. The van der Waals surface area contributed by atoms with Crippen molar-refractivity contribution in [1.29, 1.82) is 0 Å². The standard InChI is InChI=1S/C10H14O/c1-3-5-6-7-9-10(11)8-4-2/h2,10-11H,3,5-6,8H2,1H3. The third kappa shape index (κ3) is 6.97. The minimum absolute atomic E-state index is 0.332. The van der Waals surface area contributed by atoms with Gasteiger partial charge in [-0.25, -0.2) is 0 Å². The van der Waals surface area contributed by atoms with E-state index in [9.17, 15) is 0 Å². The van der Waals surface area contributed by atoms with E-state index in [1.807, 2.05) is 0 Å². The van der Waals surface area contributed by atoms with Gasteiger partial charge >= 0.3 is 0 Å². The van der Waals surface area contributed by atoms with Crippen molar-refractivity contribution < 1.29 is 5.11 Å². The van der Waals surface area contributed by atoms with Gasteiger partial charge in [0.1, 0.15) is 6.10 Å². The zero-order valence-electron chi connectivity index (χ0n) is 6.93. The van der Waals surface area contributed by atoms with Crippen LogP contribution in [0.1, 0.15) is 32.6 Å². The minimum Gasteiger partial charge on any atom is -0.379 e. The normalized spacial score (nSPS) is 11.0. The first-order valence-corrected chi connectivity index (χ1v) is 3.91. The number of aliphatic hydroxyl groups excluding tert-OH is 1. The van der Waals surface area contributed by atoms with Crippen LogP contribution in [0.5, 0.6) is 0 Å². The first-order valence-electron chi connectivity index (χ1n) is 3.91. The lowest BCUT2D eigenvalue weighted by Gasteiger charge is -1.93. The molecule has 0 aliphatic rings. The number of hydrogen-bond acceptors (Lipinski definition) is 1. The van der Waals surface area contributed by atoms with E-state index in [2.05, 4.69) is 24.7 Å². The van der Waals surface area contributed by atoms with Crippen LogP contribution < -0.4 is 0 Å². The van der Waals surface area contributed by atoms with E-state index in [4.69, 9.17) is 11.5 Å². The summed E-state index contributed by atoms with van der Waals surface area (Å²) in [7, 11) is 0. The van der Waals surface area contributed by atoms with Crippen molar-refractivity contribution in [2.45, 2.75) is 38.7 Å². The van der Waals surface area contributed by atoms with Crippen molar-refractivity contribution in [1.82, 2.24) is 0 Å². The summed E-state index contributed by atoms with van der Waals surface area (Å²) in [5.41, 5.74) is 0. The smallest absolute Gasteiger partial charge is 0.125 e. The molecule has 0 saturated carbocycles. The molecular weight excluding hydrogens is 136 g/mol. The van der Waals surface area contributed by atoms with Crippen molar-refractivity contribution >= 4 is 0 Å². The van der Waals surface area contributed by atoms with Gasteiger partial charge in [-0.05, 0) is 6.42 Å². The maximum Gasteiger partial charge on any atom is 0.125 e. The fraction of sp³-hybridized carbons (Fsp3) is 0.600. The van der Waals surface area contributed by atoms with Gasteiger partial charge in [0.15, 0.2) is 0 Å². The van der Waals surface area contributed by atoms with Crippen molar-refractivity contribution in [3.8, 4) is 24.2 Å². The van der Waals surface area contributed by atoms with Crippen LogP contribution in [0.15, 0.2) is 0 Å². The van der Waals surface area contributed by atoms with E-state index in [0.29, 0.717) is 6.42 Å². The molecule has 1 atom stereocenters. The lowest BCUT2D eigenvalue weighted by Crippen LogP contribution is -1.99. The average molecular weight is 150 g/mol. The number of unbranched alkanes of at least 4 members (excludes halogenated alkanes) is 2. The highest BCUT2D eigenvalue weighted by Gasteiger charge is 1.92. The molecule has 0 radical (unpaired) electrons. The molecule has 60 valence electrons. The van der Waals surface area contributed by atoms with E-state index in [-0.39, 0.29) is 0 Å². The van der Waals surface area contributed by atoms with Gasteiger partial charge in [-0.1, -0.05) is 19.3 Å². The number of terminal acetylenes is 1. The molecule has 0 aromatic rings. The number of aliphatic hydroxyl groups is 1. The molecule has 0 heterocycles. The van der Waals surface area contributed by atoms with Gasteiger partial charge in [0.2, 0.25) is 0 Å². The third-order valence-electron chi connectivity index (χ3n) is 1.24. The fourth-order valence-electron chi connectivity index (χ4n) is 0.618. The van der Waals surface area contributed by atoms with Gasteiger partial charge in [-0.3, -0.25) is 0 Å². The van der Waals surface area contributed by atoms with Gasteiger partial charge in [0, 0.05) is 12.8 Å². The third-order valence-corrected chi connectivity index (χ3v) is 1.24. The summed E-state index contributed by atoms with van der Waals surface area (Å²) in [5.74, 6) is 7.91. The van der Waals surface area contributed by atoms with Crippen molar-refractivity contribution in [3.05, 3.63) is 0 Å². The van der Waals surface area contributed by atoms with Gasteiger partial charge in [0.25, 0.3) is 0 Å². The summed E-state index contributed by atoms with van der Waals surface area (Å²) in [6.07, 6.45) is 7.78. The highest BCUT2D eigenvalue weighted by Crippen LogP contribution is 1.92. The quantitative estimate of drug-likeness (QED) is 0.478. The first-order chi connectivity index (χ1) is 5.31. The second-order valence-electron chi connectivity index (χ2n) is 2.35. The van der Waals surface area contributed by atoms with Crippen LogP contribution in [0.4, 0.5) is 0 Å². The summed E-state index contributed by atoms with van der Waals surface area (Å²) in [4.78, 5) is 0. The van der Waals surface area contributed by atoms with E-state index in [1.165, 1.54) is 0 Å². The Kier molecular flexibility index (Phi) is 6.59. The Morgan fingerprint density at radius 3 is 2.82 bits per heavy atom. The molecule has 0 saturated heterocycles. The lowest BCUT2D eigenvalue weighted by atomic mass is 10.2. The maximum atomic E-state index is 9.03. The van der Waals surface area contributed by atoms with Crippen LogP contribution in [0.2, 0.25) is 0 Å². The largest absolute Gasteiger partial charge is 0.379 e. The average Bonchev–Trinajstić information content (AvgIpc) is 1.99. The molecule has 1 unspecified atom stereocenters. The summed E-state index contributed by atoms with van der Waals surface area (Å²) in [6, 6.07) is 0. The van der Waals surface area contributed by atoms with Crippen LogP contribution in [0, 0.1) is 24.2 Å². The van der Waals surface area contributed by atoms with Crippen LogP contribution >= 0.6 is 0 Å². The topological polar surface area (TPSA) is 20.2 Å². The molecule has 0 aromatic heterocycles. The first kappa shape index (κ1) is 10.1. The van der Waals surface area contributed by atoms with Crippen LogP contribution in [0.25, 0.3) is 0 Å². The zero-order valence-corrected chi connectivity index (χ0v) is 6.93. The van der Waals surface area contributed by atoms with E-state index in [0.717, 1.165) is 19.3 Å². The number of hydrogen-bond donors (Lipinski definition) is 1. The molecular formula is C10H14O. The second-order valence-corrected chi connectivity index (χ2v) is 2.35. The Bertz CT molecular complexity index is 177. The van der Waals surface area contributed by atoms with Crippen molar-refractivity contribution in [2.75, 3.05) is 0 Å². The molecule has 0 spiro atoms. The molecule has 0 bridgehead atoms. The van der Waals surface area contributed by atoms with E-state index < -0.39 is 6.10 Å². The van der Waals surface area contributed by atoms with E-state index >= 15 is 0 Å². The molecule has 1 N–H and O–H groups in total. The van der Waals surface area contributed by atoms with Crippen LogP contribution in [-0.4, -0.2) is 11.2 Å². The molecule has 0 aliphatic carbocycles. The van der Waals surface area contributed by atoms with Gasteiger partial charge < -0.3 is 5.11 Å². The highest BCUT2D eigenvalue weighted by atomic mass is 16.3. The Balaban J connectivity index is 3.44. The SMILES string of the molecule is C#CCC(O)C#CCCCC. The summed E-state index contributed by atoms with van der Waals surface area (Å²) in [6.45, 7) is 2.11. The molecule has 0 amide bonds. The maximum absolute atomic E-state index is 9.03. The van der Waals surface area contributed by atoms with Gasteiger partial charge in [-0.15, -0.1) is 18.3 Å². The van der Waals surface area contributed by atoms with Crippen LogP contribution in [0.3, 0.4) is 0 Å². The molecule has 0 aromatic carbocycles. The van der Waals surface area contributed by atoms with Gasteiger partial charge in [0.05, 0.1) is 0 Å². The Morgan fingerprint density at radius 1 is 1.55 bits per heavy atom. The van der Waals surface area contributed by atoms with Crippen LogP contribution in [-0.2, 0) is 0 Å². The number of rotatable bonds is 3. The van der Waals surface area contributed by atoms with Gasteiger partial charge in [-0.2, -0.15) is 0 Å². The second kappa shape index (κ2) is 7.19. The molecule has 0 rings (SSSR count). The highest BCUT2D eigenvalue weighted by molar-refractivity contribution is 5.07. The predicted molar refractivity (Wildman–Crippen MR) is 46.8 cm³/mol. The van der Waals surface area contributed by atoms with Crippen molar-refractivity contribution in [2.24, 2.45) is 0 Å². The summed E-state index contributed by atoms with van der Waals surface area (Å²) in [5, 5.41) is 9.03. The Morgan fingerprint density at radius 2 is 2.27 bits per heavy atom. The molecule has 1 nitrogen and oxygen atoms in total. The molecule has 0 aliphatic heterocycles. The van der Waals surface area contributed by atoms with Crippen molar-refractivity contribution in [3.63, 3.8) is 0 Å². The Labute approximate surface area is 68.8 Å². The Hall–Kier alpha value is -0.920. The fourth-order valence-corrected chi connectivity index (χ4v) is 0.618. The molecule has 0 fully saturated rings. The lowest BCUT2D eigenvalue weighted by molar-refractivity contribution is 0.239.